The molecule has 0 unspecified atom stereocenters. The Morgan fingerprint density at radius 1 is 0.244 bits per heavy atom. The van der Waals surface area contributed by atoms with Crippen LogP contribution < -0.4 is 9.80 Å². The Morgan fingerprint density at radius 3 is 1.12 bits per heavy atom. The standard InChI is InChI=1S/C40H25NOS.C36H23NOS/c1-2-12-28(13-3-1)41(34-17-8-11-26-10-4-5-14-30(26)34)29-22-20-27(21-23-29)31-16-9-18-35-38(31)39-36(42-35)25-24-33-32-15-6-7-19-37(32)43-40(33)39;1-3-10-25(11-4-1)37(26-12-5-2-6-13-26)27-20-18-24(19-21-27)28-15-9-16-31-34(28)35-32(38-31)23-22-30-29-14-7-8-17-33(29)39-36(30)35/h1-25H;1-23H. The SMILES string of the molecule is c1ccc(N(c2ccc(-c3cccc4oc5ccc6c7ccccc7sc6c5c34)cc2)c2cccc3ccccc23)cc1.c1ccc(N(c2ccccc2)c2ccc(-c3cccc4oc5ccc6c7ccccc7sc6c5c34)cc2)cc1. The number of thiophene rings is 2. The summed E-state index contributed by atoms with van der Waals surface area (Å²) in [7, 11) is 0. The lowest BCUT2D eigenvalue weighted by Gasteiger charge is -2.27. The number of rotatable bonds is 8. The first-order valence-electron chi connectivity index (χ1n) is 27.6. The molecule has 6 heteroatoms. The third-order valence-electron chi connectivity index (χ3n) is 15.9. The number of nitrogens with zero attached hydrogens (tertiary/aromatic N) is 2. The predicted molar refractivity (Wildman–Crippen MR) is 351 cm³/mol. The molecule has 17 aromatic rings. The van der Waals surface area contributed by atoms with Crippen molar-refractivity contribution in [3.63, 3.8) is 0 Å². The van der Waals surface area contributed by atoms with Crippen LogP contribution in [0.25, 0.3) is 117 Å². The van der Waals surface area contributed by atoms with Gasteiger partial charge in [-0.1, -0.05) is 176 Å². The molecule has 4 heterocycles. The lowest BCUT2D eigenvalue weighted by Crippen LogP contribution is -2.10. The monoisotopic (exact) mass is 1080 g/mol. The Labute approximate surface area is 480 Å². The van der Waals surface area contributed by atoms with Crippen LogP contribution in [0.1, 0.15) is 0 Å². The van der Waals surface area contributed by atoms with E-state index in [0.29, 0.717) is 0 Å². The third kappa shape index (κ3) is 8.02. The Morgan fingerprint density at radius 2 is 0.622 bits per heavy atom. The van der Waals surface area contributed by atoms with E-state index in [9.17, 15) is 0 Å². The first kappa shape index (κ1) is 47.7. The van der Waals surface area contributed by atoms with Gasteiger partial charge >= 0.3 is 0 Å². The van der Waals surface area contributed by atoms with Crippen LogP contribution in [-0.4, -0.2) is 0 Å². The Kier molecular flexibility index (Phi) is 11.5. The average molecular weight is 1090 g/mol. The van der Waals surface area contributed by atoms with Crippen LogP contribution in [0, 0.1) is 0 Å². The van der Waals surface area contributed by atoms with Crippen LogP contribution >= 0.6 is 22.7 Å². The summed E-state index contributed by atoms with van der Waals surface area (Å²) in [6.07, 6.45) is 0. The predicted octanol–water partition coefficient (Wildman–Crippen LogP) is 23.3. The topological polar surface area (TPSA) is 32.8 Å². The summed E-state index contributed by atoms with van der Waals surface area (Å²) >= 11 is 3.70. The molecule has 0 fully saturated rings. The van der Waals surface area contributed by atoms with Crippen molar-refractivity contribution in [3.8, 4) is 22.3 Å². The fourth-order valence-electron chi connectivity index (χ4n) is 12.2. The smallest absolute Gasteiger partial charge is 0.136 e. The second-order valence-corrected chi connectivity index (χ2v) is 22.8. The van der Waals surface area contributed by atoms with Gasteiger partial charge in [-0.05, 0) is 143 Å². The summed E-state index contributed by atoms with van der Waals surface area (Å²) in [6.45, 7) is 0. The molecule has 0 amide bonds. The van der Waals surface area contributed by atoms with E-state index >= 15 is 0 Å². The van der Waals surface area contributed by atoms with Crippen molar-refractivity contribution in [2.75, 3.05) is 9.80 Å². The number of hydrogen-bond donors (Lipinski definition) is 0. The van der Waals surface area contributed by atoms with Gasteiger partial charge < -0.3 is 18.6 Å². The fourth-order valence-corrected chi connectivity index (χ4v) is 14.7. The fraction of sp³-hybridized carbons (Fsp3) is 0. The van der Waals surface area contributed by atoms with Crippen LogP contribution in [0.2, 0.25) is 0 Å². The van der Waals surface area contributed by atoms with E-state index in [1.807, 2.05) is 22.7 Å². The highest BCUT2D eigenvalue weighted by molar-refractivity contribution is 7.27. The average Bonchev–Trinajstić information content (AvgIpc) is 4.51. The van der Waals surface area contributed by atoms with Crippen molar-refractivity contribution in [2.45, 2.75) is 0 Å². The summed E-state index contributed by atoms with van der Waals surface area (Å²) in [6, 6.07) is 103. The molecule has 82 heavy (non-hydrogen) atoms. The second kappa shape index (κ2) is 19.8. The summed E-state index contributed by atoms with van der Waals surface area (Å²) in [4.78, 5) is 4.64. The van der Waals surface area contributed by atoms with Gasteiger partial charge in [-0.2, -0.15) is 0 Å². The van der Waals surface area contributed by atoms with Gasteiger partial charge in [0, 0.05) is 95.7 Å². The number of benzene rings is 13. The lowest BCUT2D eigenvalue weighted by atomic mass is 9.98. The summed E-state index contributed by atoms with van der Waals surface area (Å²) in [5.41, 5.74) is 15.2. The van der Waals surface area contributed by atoms with Gasteiger partial charge in [0.25, 0.3) is 0 Å². The van der Waals surface area contributed by atoms with Crippen molar-refractivity contribution < 1.29 is 8.83 Å². The van der Waals surface area contributed by atoms with Crippen LogP contribution in [0.3, 0.4) is 0 Å². The van der Waals surface area contributed by atoms with E-state index in [1.54, 1.807) is 0 Å². The quantitative estimate of drug-likeness (QED) is 0.152. The minimum atomic E-state index is 0.920. The maximum Gasteiger partial charge on any atom is 0.136 e. The molecule has 4 aromatic heterocycles. The molecule has 0 N–H and O–H groups in total. The van der Waals surface area contributed by atoms with Crippen LogP contribution in [0.15, 0.2) is 300 Å². The molecular weight excluding hydrogens is 1040 g/mol. The van der Waals surface area contributed by atoms with Gasteiger partial charge in [-0.3, -0.25) is 0 Å². The Balaban J connectivity index is 0.000000136. The molecule has 0 aliphatic rings. The summed E-state index contributed by atoms with van der Waals surface area (Å²) in [5, 5.41) is 12.4. The van der Waals surface area contributed by atoms with Gasteiger partial charge in [0.15, 0.2) is 0 Å². The molecule has 4 nitrogen and oxygen atoms in total. The molecule has 0 radical (unpaired) electrons. The molecule has 0 spiro atoms. The van der Waals surface area contributed by atoms with Crippen molar-refractivity contribution in [2.24, 2.45) is 0 Å². The Bertz CT molecular complexity index is 5170. The minimum absolute atomic E-state index is 0.920. The highest BCUT2D eigenvalue weighted by Gasteiger charge is 2.22. The Hall–Kier alpha value is -10.2. The van der Waals surface area contributed by atoms with E-state index in [4.69, 9.17) is 8.83 Å². The first-order chi connectivity index (χ1) is 40.7. The van der Waals surface area contributed by atoms with Crippen molar-refractivity contribution in [1.82, 2.24) is 0 Å². The molecule has 0 saturated heterocycles. The highest BCUT2D eigenvalue weighted by atomic mass is 32.1. The van der Waals surface area contributed by atoms with E-state index < -0.39 is 0 Å². The number of para-hydroxylation sites is 3. The lowest BCUT2D eigenvalue weighted by molar-refractivity contribution is 0.669. The molecular formula is C76H48N2O2S2. The highest BCUT2D eigenvalue weighted by Crippen LogP contribution is 2.48. The number of furan rings is 2. The molecule has 0 aliphatic heterocycles. The van der Waals surface area contributed by atoms with E-state index in [0.717, 1.165) is 56.5 Å². The van der Waals surface area contributed by atoms with Crippen LogP contribution in [0.5, 0.6) is 0 Å². The van der Waals surface area contributed by atoms with Gasteiger partial charge in [-0.15, -0.1) is 22.7 Å². The number of anilines is 6. The van der Waals surface area contributed by atoms with E-state index in [-0.39, 0.29) is 0 Å². The van der Waals surface area contributed by atoms with Crippen LogP contribution in [-0.2, 0) is 0 Å². The first-order valence-corrected chi connectivity index (χ1v) is 29.3. The molecule has 0 atom stereocenters. The van der Waals surface area contributed by atoms with Gasteiger partial charge in [0.2, 0.25) is 0 Å². The zero-order valence-electron chi connectivity index (χ0n) is 44.2. The summed E-state index contributed by atoms with van der Waals surface area (Å²) in [5.74, 6) is 0. The minimum Gasteiger partial charge on any atom is -0.456 e. The number of hydrogen-bond acceptors (Lipinski definition) is 6. The van der Waals surface area contributed by atoms with Crippen molar-refractivity contribution >= 4 is 152 Å². The van der Waals surface area contributed by atoms with Crippen LogP contribution in [0.4, 0.5) is 34.1 Å². The van der Waals surface area contributed by atoms with E-state index in [1.165, 1.54) is 94.9 Å². The maximum absolute atomic E-state index is 6.44. The van der Waals surface area contributed by atoms with Gasteiger partial charge in [0.05, 0.1) is 5.69 Å². The molecule has 0 bridgehead atoms. The molecule has 0 aliphatic carbocycles. The molecule has 386 valence electrons. The summed E-state index contributed by atoms with van der Waals surface area (Å²) < 4.78 is 18.0. The van der Waals surface area contributed by atoms with Crippen molar-refractivity contribution in [1.29, 1.82) is 0 Å². The van der Waals surface area contributed by atoms with E-state index in [2.05, 4.69) is 301 Å². The van der Waals surface area contributed by atoms with Gasteiger partial charge in [0.1, 0.15) is 22.3 Å². The maximum atomic E-state index is 6.44. The third-order valence-corrected chi connectivity index (χ3v) is 18.3. The zero-order chi connectivity index (χ0) is 54.1. The molecule has 13 aromatic carbocycles. The van der Waals surface area contributed by atoms with Gasteiger partial charge in [-0.25, -0.2) is 0 Å². The molecule has 17 rings (SSSR count). The number of fused-ring (bicyclic) bond motifs is 15. The van der Waals surface area contributed by atoms with Crippen molar-refractivity contribution in [3.05, 3.63) is 291 Å². The molecule has 0 saturated carbocycles. The largest absolute Gasteiger partial charge is 0.456 e. The normalized spacial score (nSPS) is 11.7. The zero-order valence-corrected chi connectivity index (χ0v) is 45.9. The second-order valence-electron chi connectivity index (χ2n) is 20.7.